The Morgan fingerprint density at radius 1 is 1.47 bits per heavy atom. The minimum Gasteiger partial charge on any atom is -0.481 e. The predicted molar refractivity (Wildman–Crippen MR) is 72.2 cm³/mol. The van der Waals surface area contributed by atoms with Gasteiger partial charge in [-0.05, 0) is 31.1 Å². The number of carboxylic acids is 1. The van der Waals surface area contributed by atoms with Crippen molar-refractivity contribution in [2.75, 3.05) is 18.8 Å². The molecule has 19 heavy (non-hydrogen) atoms. The molecule has 0 spiro atoms. The van der Waals surface area contributed by atoms with Gasteiger partial charge in [-0.2, -0.15) is 0 Å². The fourth-order valence-corrected chi connectivity index (χ4v) is 5.18. The number of hydrogen-bond acceptors (Lipinski definition) is 3. The molecule has 1 heterocycles. The second-order valence-corrected chi connectivity index (χ2v) is 8.43. The topological polar surface area (TPSA) is 74.7 Å². The molecule has 0 amide bonds. The van der Waals surface area contributed by atoms with E-state index in [4.69, 9.17) is 0 Å². The summed E-state index contributed by atoms with van der Waals surface area (Å²) in [6.45, 7) is 4.56. The highest BCUT2D eigenvalue weighted by Gasteiger charge is 2.56. The molecule has 5 nitrogen and oxygen atoms in total. The normalized spacial score (nSPS) is 31.8. The van der Waals surface area contributed by atoms with Gasteiger partial charge in [0.1, 0.15) is 0 Å². The second kappa shape index (κ2) is 5.05. The van der Waals surface area contributed by atoms with Crippen LogP contribution in [-0.4, -0.2) is 42.6 Å². The Kier molecular flexibility index (Phi) is 3.93. The lowest BCUT2D eigenvalue weighted by atomic mass is 9.81. The van der Waals surface area contributed by atoms with Crippen LogP contribution in [0, 0.1) is 17.3 Å². The lowest BCUT2D eigenvalue weighted by Crippen LogP contribution is -2.38. The molecule has 0 bridgehead atoms. The fourth-order valence-electron chi connectivity index (χ4n) is 3.32. The lowest BCUT2D eigenvalue weighted by molar-refractivity contribution is -0.149. The van der Waals surface area contributed by atoms with Gasteiger partial charge in [0.15, 0.2) is 0 Å². The number of rotatable bonds is 5. The number of fused-ring (bicyclic) bond motifs is 1. The van der Waals surface area contributed by atoms with E-state index in [0.29, 0.717) is 25.3 Å². The van der Waals surface area contributed by atoms with Crippen LogP contribution in [0.4, 0.5) is 0 Å². The minimum atomic E-state index is -3.30. The van der Waals surface area contributed by atoms with E-state index in [-0.39, 0.29) is 18.2 Å². The molecule has 1 aliphatic carbocycles. The van der Waals surface area contributed by atoms with Crippen molar-refractivity contribution in [3.63, 3.8) is 0 Å². The Bertz CT molecular complexity index is 459. The zero-order chi connectivity index (χ0) is 14.3. The molecule has 0 aromatic rings. The average Bonchev–Trinajstić information content (AvgIpc) is 2.83. The Labute approximate surface area is 115 Å². The van der Waals surface area contributed by atoms with E-state index in [2.05, 4.69) is 0 Å². The van der Waals surface area contributed by atoms with Crippen LogP contribution in [0.25, 0.3) is 0 Å². The average molecular weight is 289 g/mol. The molecule has 6 heteroatoms. The summed E-state index contributed by atoms with van der Waals surface area (Å²) in [6, 6.07) is 0. The zero-order valence-electron chi connectivity index (χ0n) is 11.6. The number of hydrogen-bond donors (Lipinski definition) is 1. The van der Waals surface area contributed by atoms with Crippen LogP contribution in [0.3, 0.4) is 0 Å². The molecule has 1 saturated carbocycles. The summed E-state index contributed by atoms with van der Waals surface area (Å²) in [4.78, 5) is 11.5. The summed E-state index contributed by atoms with van der Waals surface area (Å²) in [7, 11) is -3.30. The second-order valence-electron chi connectivity index (χ2n) is 6.34. The van der Waals surface area contributed by atoms with Crippen molar-refractivity contribution < 1.29 is 18.3 Å². The van der Waals surface area contributed by atoms with E-state index < -0.39 is 21.4 Å². The van der Waals surface area contributed by atoms with E-state index in [1.54, 1.807) is 0 Å². The minimum absolute atomic E-state index is 0.00109. The number of carboxylic acid groups (broad SMARTS) is 1. The molecular weight excluding hydrogens is 266 g/mol. The first kappa shape index (κ1) is 14.8. The van der Waals surface area contributed by atoms with E-state index in [9.17, 15) is 18.3 Å². The summed E-state index contributed by atoms with van der Waals surface area (Å²) in [6.07, 6.45) is 2.98. The van der Waals surface area contributed by atoms with Crippen LogP contribution < -0.4 is 0 Å². The Morgan fingerprint density at radius 2 is 2.16 bits per heavy atom. The molecule has 1 aliphatic heterocycles. The first-order valence-electron chi connectivity index (χ1n) is 6.99. The van der Waals surface area contributed by atoms with Gasteiger partial charge in [0, 0.05) is 13.1 Å². The van der Waals surface area contributed by atoms with Gasteiger partial charge in [0.05, 0.1) is 11.2 Å². The van der Waals surface area contributed by atoms with Crippen molar-refractivity contribution in [2.45, 2.75) is 39.5 Å². The molecule has 0 aromatic carbocycles. The standard InChI is InChI=1S/C13H23NO4S/c1-10(2)5-7-19(17,18)14-8-11-4-3-6-13(11,9-14)12(15)16/h10-11H,3-9H2,1-2H3,(H,15,16)/t11-,13+/m0/s1. The lowest BCUT2D eigenvalue weighted by Gasteiger charge is -2.23. The smallest absolute Gasteiger partial charge is 0.311 e. The van der Waals surface area contributed by atoms with Gasteiger partial charge in [0.2, 0.25) is 10.0 Å². The van der Waals surface area contributed by atoms with Crippen LogP contribution >= 0.6 is 0 Å². The van der Waals surface area contributed by atoms with E-state index in [0.717, 1.165) is 12.8 Å². The van der Waals surface area contributed by atoms with Crippen LogP contribution in [-0.2, 0) is 14.8 Å². The van der Waals surface area contributed by atoms with Gasteiger partial charge >= 0.3 is 5.97 Å². The van der Waals surface area contributed by atoms with Gasteiger partial charge in [-0.25, -0.2) is 12.7 Å². The van der Waals surface area contributed by atoms with Crippen molar-refractivity contribution in [3.05, 3.63) is 0 Å². The highest BCUT2D eigenvalue weighted by Crippen LogP contribution is 2.49. The van der Waals surface area contributed by atoms with Crippen molar-refractivity contribution in [2.24, 2.45) is 17.3 Å². The van der Waals surface area contributed by atoms with Crippen molar-refractivity contribution in [1.29, 1.82) is 0 Å². The van der Waals surface area contributed by atoms with Gasteiger partial charge in [-0.15, -0.1) is 0 Å². The van der Waals surface area contributed by atoms with Crippen molar-refractivity contribution in [3.8, 4) is 0 Å². The maximum atomic E-state index is 12.3. The summed E-state index contributed by atoms with van der Waals surface area (Å²) in [5, 5.41) is 9.45. The van der Waals surface area contributed by atoms with Crippen LogP contribution in [0.15, 0.2) is 0 Å². The van der Waals surface area contributed by atoms with E-state index >= 15 is 0 Å². The number of carbonyl (C=O) groups is 1. The summed E-state index contributed by atoms with van der Waals surface area (Å²) >= 11 is 0. The van der Waals surface area contributed by atoms with Crippen molar-refractivity contribution in [1.82, 2.24) is 4.31 Å². The Balaban J connectivity index is 2.11. The predicted octanol–water partition coefficient (Wildman–Crippen LogP) is 1.55. The summed E-state index contributed by atoms with van der Waals surface area (Å²) in [5.74, 6) is -0.353. The fraction of sp³-hybridized carbons (Fsp3) is 0.923. The largest absolute Gasteiger partial charge is 0.481 e. The van der Waals surface area contributed by atoms with Crippen LogP contribution in [0.5, 0.6) is 0 Å². The van der Waals surface area contributed by atoms with Crippen molar-refractivity contribution >= 4 is 16.0 Å². The van der Waals surface area contributed by atoms with Gasteiger partial charge in [-0.1, -0.05) is 20.3 Å². The molecular formula is C13H23NO4S. The molecule has 2 atom stereocenters. The molecule has 1 saturated heterocycles. The van der Waals surface area contributed by atoms with Gasteiger partial charge in [-0.3, -0.25) is 4.79 Å². The molecule has 0 unspecified atom stereocenters. The highest BCUT2D eigenvalue weighted by atomic mass is 32.2. The zero-order valence-corrected chi connectivity index (χ0v) is 12.4. The summed E-state index contributed by atoms with van der Waals surface area (Å²) < 4.78 is 26.0. The highest BCUT2D eigenvalue weighted by molar-refractivity contribution is 7.89. The quantitative estimate of drug-likeness (QED) is 0.833. The molecule has 110 valence electrons. The number of sulfonamides is 1. The van der Waals surface area contributed by atoms with Gasteiger partial charge < -0.3 is 5.11 Å². The molecule has 1 N–H and O–H groups in total. The monoisotopic (exact) mass is 289 g/mol. The maximum Gasteiger partial charge on any atom is 0.311 e. The molecule has 0 aromatic heterocycles. The first-order chi connectivity index (χ1) is 8.78. The third kappa shape index (κ3) is 2.65. The van der Waals surface area contributed by atoms with Crippen LogP contribution in [0.1, 0.15) is 39.5 Å². The SMILES string of the molecule is CC(C)CCS(=O)(=O)N1C[C@@H]2CCC[C@@]2(C(=O)O)C1. The molecule has 2 rings (SSSR count). The number of aliphatic carboxylic acids is 1. The first-order valence-corrected chi connectivity index (χ1v) is 8.60. The Morgan fingerprint density at radius 3 is 2.68 bits per heavy atom. The Hall–Kier alpha value is -0.620. The summed E-state index contributed by atoms with van der Waals surface area (Å²) in [5.41, 5.74) is -0.815. The number of nitrogens with zero attached hydrogens (tertiary/aromatic N) is 1. The van der Waals surface area contributed by atoms with E-state index in [1.807, 2.05) is 13.8 Å². The molecule has 0 radical (unpaired) electrons. The van der Waals surface area contributed by atoms with Gasteiger partial charge in [0.25, 0.3) is 0 Å². The molecule has 2 fully saturated rings. The van der Waals surface area contributed by atoms with Crippen LogP contribution in [0.2, 0.25) is 0 Å². The third-order valence-corrected chi connectivity index (χ3v) is 6.43. The maximum absolute atomic E-state index is 12.3. The molecule has 2 aliphatic rings. The van der Waals surface area contributed by atoms with E-state index in [1.165, 1.54) is 4.31 Å². The third-order valence-electron chi connectivity index (χ3n) is 4.61.